The summed E-state index contributed by atoms with van der Waals surface area (Å²) in [4.78, 5) is 30.3. The number of ether oxygens (including phenoxy) is 1. The van der Waals surface area contributed by atoms with Crippen molar-refractivity contribution < 1.29 is 14.3 Å². The van der Waals surface area contributed by atoms with Crippen LogP contribution in [0.4, 0.5) is 0 Å². The zero-order chi connectivity index (χ0) is 31.9. The quantitative estimate of drug-likeness (QED) is 0.200. The Bertz CT molecular complexity index is 1290. The van der Waals surface area contributed by atoms with Gasteiger partial charge >= 0.3 is 0 Å². The Morgan fingerprint density at radius 2 is 1.84 bits per heavy atom. The molecule has 0 saturated heterocycles. The van der Waals surface area contributed by atoms with E-state index in [4.69, 9.17) is 22.1 Å². The monoisotopic (exact) mass is 640 g/mol. The van der Waals surface area contributed by atoms with Crippen molar-refractivity contribution in [3.63, 3.8) is 0 Å². The molecule has 9 heteroatoms. The molecule has 3 N–H and O–H groups in total. The summed E-state index contributed by atoms with van der Waals surface area (Å²) >= 11 is 8.10. The Morgan fingerprint density at radius 3 is 2.43 bits per heavy atom. The van der Waals surface area contributed by atoms with Crippen LogP contribution in [-0.2, 0) is 20.9 Å². The van der Waals surface area contributed by atoms with E-state index in [1.165, 1.54) is 23.3 Å². The van der Waals surface area contributed by atoms with Crippen LogP contribution in [0.1, 0.15) is 77.8 Å². The molecule has 0 bridgehead atoms. The largest absolute Gasteiger partial charge is 0.374 e. The minimum Gasteiger partial charge on any atom is -0.374 e. The summed E-state index contributed by atoms with van der Waals surface area (Å²) in [5.74, 6) is 0.153. The second-order valence-corrected chi connectivity index (χ2v) is 14.4. The lowest BCUT2D eigenvalue weighted by Gasteiger charge is -2.39. The number of hydrogen-bond donors (Lipinski definition) is 2. The van der Waals surface area contributed by atoms with Gasteiger partial charge in [0.1, 0.15) is 6.04 Å². The number of nitrogens with one attached hydrogen (secondary N) is 1. The molecule has 1 heterocycles. The first kappa shape index (κ1) is 34.5. The number of nitrogens with zero attached hydrogens (tertiary/aromatic N) is 2. The molecule has 2 aliphatic rings. The predicted molar refractivity (Wildman–Crippen MR) is 182 cm³/mol. The minimum absolute atomic E-state index is 0.0464. The van der Waals surface area contributed by atoms with E-state index in [2.05, 4.69) is 35.6 Å². The Kier molecular flexibility index (Phi) is 12.0. The molecular formula is C35H49ClN4O3S. The fourth-order valence-corrected chi connectivity index (χ4v) is 7.12. The number of nitrogens with two attached hydrogens (primary N) is 1. The molecule has 1 aliphatic carbocycles. The van der Waals surface area contributed by atoms with Gasteiger partial charge in [-0.3, -0.25) is 9.59 Å². The minimum atomic E-state index is -1.14. The fourth-order valence-electron chi connectivity index (χ4n) is 5.45. The van der Waals surface area contributed by atoms with Crippen LogP contribution >= 0.6 is 23.5 Å². The fraction of sp³-hybridized carbons (Fsp3) is 0.543. The highest BCUT2D eigenvalue weighted by Gasteiger charge is 2.46. The van der Waals surface area contributed by atoms with Crippen molar-refractivity contribution in [1.29, 1.82) is 0 Å². The SMILES string of the molecule is CCCCC1(C)C(CN(CC)C(=O)C(COCc2ccccc2)NC(=O)C(C)(C)N)=C(c2ccc(Cl)cc2)SN1CC1CC1. The number of amides is 2. The standard InChI is InChI=1S/C35H49ClN4O3S/c1-6-8-20-35(5)29(31(27-16-18-28(36)19-17-27)44-40(35)21-25-14-15-25)22-39(7-2)32(41)30(38-33(42)34(3,4)37)24-43-23-26-12-10-9-11-13-26/h9-13,16-19,25,30H,6-8,14-15,20-24,37H2,1-5H3,(H,38,42). The number of carbonyl (C=O) groups is 2. The van der Waals surface area contributed by atoms with E-state index < -0.39 is 17.5 Å². The van der Waals surface area contributed by atoms with E-state index in [-0.39, 0.29) is 18.1 Å². The highest BCUT2D eigenvalue weighted by molar-refractivity contribution is 8.06. The Morgan fingerprint density at radius 1 is 1.16 bits per heavy atom. The van der Waals surface area contributed by atoms with Crippen molar-refractivity contribution in [2.45, 2.75) is 90.4 Å². The van der Waals surface area contributed by atoms with Crippen molar-refractivity contribution in [3.8, 4) is 0 Å². The number of hydrogen-bond acceptors (Lipinski definition) is 6. The summed E-state index contributed by atoms with van der Waals surface area (Å²) in [7, 11) is 0. The van der Waals surface area contributed by atoms with Crippen LogP contribution in [0.2, 0.25) is 5.02 Å². The van der Waals surface area contributed by atoms with Crippen LogP contribution < -0.4 is 11.1 Å². The molecule has 1 fully saturated rings. The van der Waals surface area contributed by atoms with Crippen molar-refractivity contribution in [3.05, 3.63) is 76.3 Å². The first-order chi connectivity index (χ1) is 21.0. The van der Waals surface area contributed by atoms with Gasteiger partial charge in [0.2, 0.25) is 11.8 Å². The zero-order valence-electron chi connectivity index (χ0n) is 26.9. The molecule has 4 rings (SSSR count). The van der Waals surface area contributed by atoms with Crippen LogP contribution in [0.15, 0.2) is 60.2 Å². The Hall–Kier alpha value is -2.36. The lowest BCUT2D eigenvalue weighted by molar-refractivity contribution is -0.139. The van der Waals surface area contributed by atoms with Crippen molar-refractivity contribution in [2.75, 3.05) is 26.2 Å². The second-order valence-electron chi connectivity index (χ2n) is 12.9. The van der Waals surface area contributed by atoms with Crippen LogP contribution in [0.25, 0.3) is 4.91 Å². The molecule has 0 spiro atoms. The molecule has 44 heavy (non-hydrogen) atoms. The number of carbonyl (C=O) groups excluding carboxylic acids is 2. The summed E-state index contributed by atoms with van der Waals surface area (Å²) in [6.07, 6.45) is 5.73. The highest BCUT2D eigenvalue weighted by atomic mass is 35.5. The van der Waals surface area contributed by atoms with Gasteiger partial charge < -0.3 is 20.7 Å². The molecule has 2 atom stereocenters. The average molecular weight is 641 g/mol. The van der Waals surface area contributed by atoms with Gasteiger partial charge in [0, 0.05) is 29.6 Å². The Balaban J connectivity index is 1.64. The molecular weight excluding hydrogens is 592 g/mol. The highest BCUT2D eigenvalue weighted by Crippen LogP contribution is 2.53. The molecule has 0 radical (unpaired) electrons. The van der Waals surface area contributed by atoms with Gasteiger partial charge in [0.05, 0.1) is 24.3 Å². The number of rotatable bonds is 16. The van der Waals surface area contributed by atoms with Crippen LogP contribution in [0.5, 0.6) is 0 Å². The summed E-state index contributed by atoms with van der Waals surface area (Å²) in [5.41, 5.74) is 8.12. The third kappa shape index (κ3) is 8.88. The molecule has 240 valence electrons. The second kappa shape index (κ2) is 15.3. The van der Waals surface area contributed by atoms with Crippen molar-refractivity contribution in [2.24, 2.45) is 11.7 Å². The molecule has 0 aromatic heterocycles. The molecule has 2 amide bonds. The third-order valence-corrected chi connectivity index (χ3v) is 10.2. The number of benzene rings is 2. The van der Waals surface area contributed by atoms with Gasteiger partial charge in [-0.25, -0.2) is 4.31 Å². The third-order valence-electron chi connectivity index (χ3n) is 8.55. The molecule has 2 aromatic carbocycles. The lowest BCUT2D eigenvalue weighted by Crippen LogP contribution is -2.58. The topological polar surface area (TPSA) is 87.9 Å². The van der Waals surface area contributed by atoms with E-state index in [0.29, 0.717) is 24.7 Å². The first-order valence-electron chi connectivity index (χ1n) is 15.9. The van der Waals surface area contributed by atoms with Crippen LogP contribution in [0.3, 0.4) is 0 Å². The maximum Gasteiger partial charge on any atom is 0.247 e. The van der Waals surface area contributed by atoms with Gasteiger partial charge in [-0.15, -0.1) is 0 Å². The van der Waals surface area contributed by atoms with Crippen molar-refractivity contribution in [1.82, 2.24) is 14.5 Å². The first-order valence-corrected chi connectivity index (χ1v) is 17.1. The molecule has 2 unspecified atom stereocenters. The van der Waals surface area contributed by atoms with Gasteiger partial charge in [-0.1, -0.05) is 73.8 Å². The van der Waals surface area contributed by atoms with Crippen molar-refractivity contribution >= 4 is 40.3 Å². The van der Waals surface area contributed by atoms with Gasteiger partial charge in [0.25, 0.3) is 0 Å². The maximum atomic E-state index is 14.3. The predicted octanol–water partition coefficient (Wildman–Crippen LogP) is 6.66. The molecule has 2 aromatic rings. The van der Waals surface area contributed by atoms with E-state index in [1.54, 1.807) is 13.8 Å². The van der Waals surface area contributed by atoms with Gasteiger partial charge in [-0.2, -0.15) is 0 Å². The maximum absolute atomic E-state index is 14.3. The molecule has 1 aliphatic heterocycles. The summed E-state index contributed by atoms with van der Waals surface area (Å²) in [5, 5.41) is 3.60. The van der Waals surface area contributed by atoms with Gasteiger partial charge in [-0.05, 0) is 93.7 Å². The summed E-state index contributed by atoms with van der Waals surface area (Å²) in [6, 6.07) is 17.0. The van der Waals surface area contributed by atoms with Gasteiger partial charge in [0.15, 0.2) is 0 Å². The molecule has 1 saturated carbocycles. The van der Waals surface area contributed by atoms with E-state index in [0.717, 1.165) is 42.9 Å². The number of halogens is 1. The summed E-state index contributed by atoms with van der Waals surface area (Å²) in [6.45, 7) is 12.2. The normalized spacial score (nSPS) is 19.7. The van der Waals surface area contributed by atoms with E-state index in [1.807, 2.05) is 66.2 Å². The number of unbranched alkanes of at least 4 members (excludes halogenated alkanes) is 1. The van der Waals surface area contributed by atoms with E-state index >= 15 is 0 Å². The Labute approximate surface area is 273 Å². The average Bonchev–Trinajstić information content (AvgIpc) is 3.78. The lowest BCUT2D eigenvalue weighted by atomic mass is 9.84. The molecule has 7 nitrogen and oxygen atoms in total. The zero-order valence-corrected chi connectivity index (χ0v) is 28.5. The number of likely N-dealkylation sites (N-methyl/N-ethyl adjacent to an activating group) is 1. The summed E-state index contributed by atoms with van der Waals surface area (Å²) < 4.78 is 8.57. The van der Waals surface area contributed by atoms with Crippen LogP contribution in [-0.4, -0.2) is 64.4 Å². The smallest absolute Gasteiger partial charge is 0.247 e. The van der Waals surface area contributed by atoms with E-state index in [9.17, 15) is 9.59 Å². The van der Waals surface area contributed by atoms with Crippen LogP contribution in [0, 0.1) is 5.92 Å².